The van der Waals surface area contributed by atoms with Crippen molar-refractivity contribution in [2.45, 2.75) is 25.9 Å². The molecule has 3 rings (SSSR count). The molecule has 4 N–H and O–H groups in total. The van der Waals surface area contributed by atoms with E-state index in [9.17, 15) is 9.59 Å². The highest BCUT2D eigenvalue weighted by Crippen LogP contribution is 2.27. The van der Waals surface area contributed by atoms with Gasteiger partial charge in [-0.1, -0.05) is 23.2 Å². The molecule has 0 spiro atoms. The van der Waals surface area contributed by atoms with Crippen molar-refractivity contribution in [2.24, 2.45) is 0 Å². The van der Waals surface area contributed by atoms with Crippen molar-refractivity contribution in [2.75, 3.05) is 11.5 Å². The topological polar surface area (TPSA) is 115 Å². The first-order valence-electron chi connectivity index (χ1n) is 7.52. The summed E-state index contributed by atoms with van der Waals surface area (Å²) in [5.41, 5.74) is 13.2. The molecule has 1 aliphatic rings. The Labute approximate surface area is 153 Å². The summed E-state index contributed by atoms with van der Waals surface area (Å²) in [5, 5.41) is 0.683. The summed E-state index contributed by atoms with van der Waals surface area (Å²) in [7, 11) is 0. The van der Waals surface area contributed by atoms with Crippen LogP contribution in [0.2, 0.25) is 10.0 Å². The molecule has 0 fully saturated rings. The smallest absolute Gasteiger partial charge is 0.223 e. The number of hydrogen-bond acceptors (Lipinski definition) is 6. The predicted octanol–water partition coefficient (Wildman–Crippen LogP) is 2.45. The van der Waals surface area contributed by atoms with Crippen molar-refractivity contribution >= 4 is 46.7 Å². The van der Waals surface area contributed by atoms with Gasteiger partial charge in [-0.25, -0.2) is 4.98 Å². The number of hydrogen-bond donors (Lipinski definition) is 2. The number of carbonyl (C=O) groups excluding carboxylic acids is 2. The molecule has 0 saturated heterocycles. The number of anilines is 2. The molecule has 1 aromatic carbocycles. The van der Waals surface area contributed by atoms with Gasteiger partial charge in [0, 0.05) is 24.0 Å². The van der Waals surface area contributed by atoms with Gasteiger partial charge >= 0.3 is 0 Å². The van der Waals surface area contributed by atoms with Gasteiger partial charge in [-0.15, -0.1) is 0 Å². The molecule has 1 aromatic heterocycles. The molecule has 25 heavy (non-hydrogen) atoms. The van der Waals surface area contributed by atoms with Crippen LogP contribution in [0.4, 0.5) is 11.8 Å². The summed E-state index contributed by atoms with van der Waals surface area (Å²) in [5.74, 6) is 0.0292. The van der Waals surface area contributed by atoms with Gasteiger partial charge in [0.05, 0.1) is 28.8 Å². The summed E-state index contributed by atoms with van der Waals surface area (Å²) in [6, 6.07) is 4.65. The second-order valence-corrected chi connectivity index (χ2v) is 6.51. The van der Waals surface area contributed by atoms with Gasteiger partial charge in [0.1, 0.15) is 5.82 Å². The van der Waals surface area contributed by atoms with Crippen molar-refractivity contribution in [3.63, 3.8) is 0 Å². The number of carbonyl (C=O) groups is 2. The number of rotatable bonds is 4. The fourth-order valence-electron chi connectivity index (χ4n) is 2.67. The minimum atomic E-state index is -0.174. The number of amides is 1. The number of nitrogens with zero attached hydrogens (tertiary/aromatic N) is 3. The predicted molar refractivity (Wildman–Crippen MR) is 95.1 cm³/mol. The van der Waals surface area contributed by atoms with Crippen LogP contribution in [-0.2, 0) is 17.9 Å². The first-order chi connectivity index (χ1) is 11.8. The minimum Gasteiger partial charge on any atom is -0.383 e. The standard InChI is InChI=1S/C16H15Cl2N5O2/c17-10-2-1-8(5-11(10)18)13(24)3-4-14(25)23-6-9-12(7-23)21-16(20)22-15(9)19/h1-2,5H,3-4,6-7H2,(H4,19,20,21,22). The molecular formula is C16H15Cl2N5O2. The van der Waals surface area contributed by atoms with Gasteiger partial charge in [0.2, 0.25) is 11.9 Å². The number of halogens is 2. The number of fused-ring (bicyclic) bond motifs is 1. The molecule has 0 atom stereocenters. The highest BCUT2D eigenvalue weighted by atomic mass is 35.5. The van der Waals surface area contributed by atoms with Gasteiger partial charge in [0.25, 0.3) is 0 Å². The average Bonchev–Trinajstić information content (AvgIpc) is 2.99. The number of aromatic nitrogens is 2. The molecule has 0 aliphatic carbocycles. The van der Waals surface area contributed by atoms with E-state index < -0.39 is 0 Å². The monoisotopic (exact) mass is 379 g/mol. The van der Waals surface area contributed by atoms with Crippen LogP contribution in [0.1, 0.15) is 34.5 Å². The fourth-order valence-corrected chi connectivity index (χ4v) is 2.97. The Morgan fingerprint density at radius 2 is 1.84 bits per heavy atom. The van der Waals surface area contributed by atoms with E-state index in [1.807, 2.05) is 0 Å². The second-order valence-electron chi connectivity index (χ2n) is 5.69. The van der Waals surface area contributed by atoms with Crippen molar-refractivity contribution in [1.29, 1.82) is 0 Å². The van der Waals surface area contributed by atoms with Crippen molar-refractivity contribution in [1.82, 2.24) is 14.9 Å². The quantitative estimate of drug-likeness (QED) is 0.788. The van der Waals surface area contributed by atoms with E-state index in [0.29, 0.717) is 40.0 Å². The van der Waals surface area contributed by atoms with Crippen LogP contribution < -0.4 is 11.5 Å². The van der Waals surface area contributed by atoms with Crippen LogP contribution in [-0.4, -0.2) is 26.6 Å². The third-order valence-corrected chi connectivity index (χ3v) is 4.73. The lowest BCUT2D eigenvalue weighted by atomic mass is 10.1. The van der Waals surface area contributed by atoms with Crippen molar-refractivity contribution < 1.29 is 9.59 Å². The lowest BCUT2D eigenvalue weighted by Crippen LogP contribution is -2.25. The molecule has 7 nitrogen and oxygen atoms in total. The van der Waals surface area contributed by atoms with Crippen molar-refractivity contribution in [3.05, 3.63) is 45.1 Å². The number of benzene rings is 1. The fraction of sp³-hybridized carbons (Fsp3) is 0.250. The third kappa shape index (κ3) is 3.67. The largest absolute Gasteiger partial charge is 0.383 e. The Bertz CT molecular complexity index is 872. The number of ketones is 1. The maximum Gasteiger partial charge on any atom is 0.223 e. The van der Waals surface area contributed by atoms with E-state index in [-0.39, 0.29) is 36.3 Å². The Morgan fingerprint density at radius 3 is 2.56 bits per heavy atom. The van der Waals surface area contributed by atoms with E-state index in [2.05, 4.69) is 9.97 Å². The molecular weight excluding hydrogens is 365 g/mol. The molecule has 1 amide bonds. The Balaban J connectivity index is 1.61. The maximum atomic E-state index is 12.4. The third-order valence-electron chi connectivity index (χ3n) is 3.99. The van der Waals surface area contributed by atoms with E-state index in [1.165, 1.54) is 6.07 Å². The Morgan fingerprint density at radius 1 is 1.08 bits per heavy atom. The summed E-state index contributed by atoms with van der Waals surface area (Å²) >= 11 is 11.7. The van der Waals surface area contributed by atoms with Crippen molar-refractivity contribution in [3.8, 4) is 0 Å². The van der Waals surface area contributed by atoms with Gasteiger partial charge < -0.3 is 16.4 Å². The van der Waals surface area contributed by atoms with Gasteiger partial charge in [-0.2, -0.15) is 4.98 Å². The minimum absolute atomic E-state index is 0.0763. The zero-order chi connectivity index (χ0) is 18.1. The zero-order valence-electron chi connectivity index (χ0n) is 13.1. The molecule has 9 heteroatoms. The molecule has 0 radical (unpaired) electrons. The highest BCUT2D eigenvalue weighted by molar-refractivity contribution is 6.42. The summed E-state index contributed by atoms with van der Waals surface area (Å²) in [6.07, 6.45) is 0.156. The second kappa shape index (κ2) is 6.85. The van der Waals surface area contributed by atoms with Crippen LogP contribution in [0.5, 0.6) is 0 Å². The lowest BCUT2D eigenvalue weighted by Gasteiger charge is -2.14. The SMILES string of the molecule is Nc1nc(N)c2c(n1)CN(C(=O)CCC(=O)c1ccc(Cl)c(Cl)c1)C2. The Kier molecular flexibility index (Phi) is 4.78. The van der Waals surface area contributed by atoms with Gasteiger partial charge in [-0.3, -0.25) is 9.59 Å². The van der Waals surface area contributed by atoms with Crippen LogP contribution >= 0.6 is 23.2 Å². The Hall–Kier alpha value is -2.38. The van der Waals surface area contributed by atoms with E-state index in [4.69, 9.17) is 34.7 Å². The lowest BCUT2D eigenvalue weighted by molar-refractivity contribution is -0.131. The van der Waals surface area contributed by atoms with Crippen LogP contribution in [0, 0.1) is 0 Å². The summed E-state index contributed by atoms with van der Waals surface area (Å²) in [6.45, 7) is 0.632. The highest BCUT2D eigenvalue weighted by Gasteiger charge is 2.27. The van der Waals surface area contributed by atoms with E-state index in [0.717, 1.165) is 0 Å². The maximum absolute atomic E-state index is 12.4. The molecule has 1 aliphatic heterocycles. The van der Waals surface area contributed by atoms with E-state index >= 15 is 0 Å². The number of Topliss-reactive ketones (excluding diaryl/α,β-unsaturated/α-hetero) is 1. The zero-order valence-corrected chi connectivity index (χ0v) is 14.6. The number of nitrogens with two attached hydrogens (primary N) is 2. The molecule has 0 unspecified atom stereocenters. The summed E-state index contributed by atoms with van der Waals surface area (Å²) < 4.78 is 0. The normalized spacial score (nSPS) is 13.0. The first kappa shape index (κ1) is 17.4. The van der Waals surface area contributed by atoms with Crippen LogP contribution in [0.3, 0.4) is 0 Å². The molecule has 2 aromatic rings. The molecule has 2 heterocycles. The van der Waals surface area contributed by atoms with Crippen LogP contribution in [0.15, 0.2) is 18.2 Å². The van der Waals surface area contributed by atoms with Gasteiger partial charge in [-0.05, 0) is 18.2 Å². The van der Waals surface area contributed by atoms with E-state index in [1.54, 1.807) is 17.0 Å². The summed E-state index contributed by atoms with van der Waals surface area (Å²) in [4.78, 5) is 34.2. The number of nitrogen functional groups attached to an aromatic ring is 2. The van der Waals surface area contributed by atoms with Crippen LogP contribution in [0.25, 0.3) is 0 Å². The molecule has 0 bridgehead atoms. The average molecular weight is 380 g/mol. The molecule has 130 valence electrons. The first-order valence-corrected chi connectivity index (χ1v) is 8.27. The molecule has 0 saturated carbocycles. The van der Waals surface area contributed by atoms with Gasteiger partial charge in [0.15, 0.2) is 5.78 Å².